The fourth-order valence-electron chi connectivity index (χ4n) is 5.37. The van der Waals surface area contributed by atoms with Crippen LogP contribution in [-0.4, -0.2) is 37.4 Å². The highest BCUT2D eigenvalue weighted by atomic mass is 19.1. The molecule has 1 aliphatic heterocycles. The van der Waals surface area contributed by atoms with Gasteiger partial charge >= 0.3 is 0 Å². The summed E-state index contributed by atoms with van der Waals surface area (Å²) in [7, 11) is 1.75. The highest BCUT2D eigenvalue weighted by Crippen LogP contribution is 2.41. The monoisotopic (exact) mass is 522 g/mol. The summed E-state index contributed by atoms with van der Waals surface area (Å²) in [6, 6.07) is 20.6. The van der Waals surface area contributed by atoms with E-state index in [9.17, 15) is 14.0 Å². The van der Waals surface area contributed by atoms with Gasteiger partial charge in [-0.1, -0.05) is 36.8 Å². The van der Waals surface area contributed by atoms with Crippen molar-refractivity contribution in [2.45, 2.75) is 25.9 Å². The molecule has 1 fully saturated rings. The number of aryl methyl sites for hydroxylation is 2. The number of hydrogen-bond donors (Lipinski definition) is 1. The maximum absolute atomic E-state index is 13.8. The Labute approximate surface area is 224 Å². The molecule has 2 amide bonds. The summed E-state index contributed by atoms with van der Waals surface area (Å²) >= 11 is 0. The lowest BCUT2D eigenvalue weighted by Gasteiger charge is -2.29. The molecule has 0 aliphatic carbocycles. The molecule has 0 radical (unpaired) electrons. The molecule has 2 unspecified atom stereocenters. The van der Waals surface area contributed by atoms with E-state index in [2.05, 4.69) is 15.5 Å². The van der Waals surface area contributed by atoms with Gasteiger partial charge in [0.2, 0.25) is 5.91 Å². The molecule has 3 aromatic carbocycles. The number of nitrogens with zero attached hydrogens (tertiary/aromatic N) is 5. The number of benzene rings is 3. The Morgan fingerprint density at radius 2 is 1.77 bits per heavy atom. The topological polar surface area (TPSA) is 85.1 Å². The van der Waals surface area contributed by atoms with Crippen LogP contribution in [0.25, 0.3) is 16.6 Å². The second-order valence-corrected chi connectivity index (χ2v) is 10.0. The number of rotatable bonds is 5. The van der Waals surface area contributed by atoms with Crippen molar-refractivity contribution in [2.75, 3.05) is 4.90 Å². The maximum atomic E-state index is 13.8. The van der Waals surface area contributed by atoms with Crippen molar-refractivity contribution >= 4 is 28.4 Å². The number of amides is 2. The van der Waals surface area contributed by atoms with Crippen LogP contribution in [0, 0.1) is 18.7 Å². The first kappa shape index (κ1) is 24.5. The largest absolute Gasteiger partial charge is 0.345 e. The molecule has 9 heteroatoms. The van der Waals surface area contributed by atoms with Gasteiger partial charge in [-0.2, -0.15) is 10.2 Å². The van der Waals surface area contributed by atoms with E-state index >= 15 is 0 Å². The van der Waals surface area contributed by atoms with Crippen LogP contribution in [0.15, 0.2) is 85.2 Å². The average molecular weight is 523 g/mol. The summed E-state index contributed by atoms with van der Waals surface area (Å²) in [5.74, 6) is -1.19. The number of carbonyl (C=O) groups excluding carboxylic acids is 2. The summed E-state index contributed by atoms with van der Waals surface area (Å²) in [4.78, 5) is 28.7. The average Bonchev–Trinajstić information content (AvgIpc) is 3.61. The third-order valence-corrected chi connectivity index (χ3v) is 7.31. The predicted molar refractivity (Wildman–Crippen MR) is 146 cm³/mol. The van der Waals surface area contributed by atoms with Crippen LogP contribution in [0.5, 0.6) is 0 Å². The van der Waals surface area contributed by atoms with Crippen LogP contribution in [0.1, 0.15) is 34.6 Å². The van der Waals surface area contributed by atoms with Crippen LogP contribution >= 0.6 is 0 Å². The van der Waals surface area contributed by atoms with Gasteiger partial charge in [-0.05, 0) is 61.0 Å². The van der Waals surface area contributed by atoms with E-state index in [1.54, 1.807) is 51.9 Å². The highest BCUT2D eigenvalue weighted by Gasteiger charge is 2.48. The SMILES string of the molecule is Cc1cccc(C2C(NC(=O)c3ccn(C)n3)[C@@H](C)C(=O)N2c2ccc3c(cnn3-c3ccc(F)cc3)c2)c1. The second kappa shape index (κ2) is 9.50. The molecule has 1 saturated heterocycles. The lowest BCUT2D eigenvalue weighted by Crippen LogP contribution is -2.42. The minimum absolute atomic E-state index is 0.0851. The fourth-order valence-corrected chi connectivity index (χ4v) is 5.37. The van der Waals surface area contributed by atoms with Gasteiger partial charge in [-0.3, -0.25) is 14.3 Å². The molecule has 3 atom stereocenters. The van der Waals surface area contributed by atoms with Crippen molar-refractivity contribution in [1.82, 2.24) is 24.9 Å². The Balaban J connectivity index is 1.41. The number of halogens is 1. The smallest absolute Gasteiger partial charge is 0.272 e. The Hall–Kier alpha value is -4.79. The van der Waals surface area contributed by atoms with Gasteiger partial charge in [-0.25, -0.2) is 9.07 Å². The van der Waals surface area contributed by atoms with E-state index in [1.165, 1.54) is 12.1 Å². The highest BCUT2D eigenvalue weighted by molar-refractivity contribution is 6.02. The van der Waals surface area contributed by atoms with Crippen LogP contribution < -0.4 is 10.2 Å². The van der Waals surface area contributed by atoms with Crippen molar-refractivity contribution in [3.63, 3.8) is 0 Å². The summed E-state index contributed by atoms with van der Waals surface area (Å²) in [6.07, 6.45) is 3.44. The third kappa shape index (κ3) is 4.35. The first-order chi connectivity index (χ1) is 18.8. The lowest BCUT2D eigenvalue weighted by atomic mass is 9.93. The van der Waals surface area contributed by atoms with E-state index in [0.717, 1.165) is 27.7 Å². The number of hydrogen-bond acceptors (Lipinski definition) is 4. The quantitative estimate of drug-likeness (QED) is 0.362. The van der Waals surface area contributed by atoms with Gasteiger partial charge in [-0.15, -0.1) is 0 Å². The van der Waals surface area contributed by atoms with E-state index in [4.69, 9.17) is 0 Å². The number of carbonyl (C=O) groups is 2. The molecule has 39 heavy (non-hydrogen) atoms. The zero-order valence-electron chi connectivity index (χ0n) is 21.7. The standard InChI is InChI=1S/C30H27FN6O2/c1-18-5-4-6-20(15-18)28-27(33-29(38)25-13-14-35(3)34-25)19(2)30(39)36(28)24-11-12-26-21(16-24)17-32-37(26)23-9-7-22(31)8-10-23/h4-17,19,27-28H,1-3H3,(H,33,38)/t19-,27?,28?/m1/s1. The molecule has 6 rings (SSSR count). The number of nitrogens with one attached hydrogen (secondary N) is 1. The van der Waals surface area contributed by atoms with E-state index < -0.39 is 18.0 Å². The Bertz CT molecular complexity index is 1710. The molecule has 0 bridgehead atoms. The summed E-state index contributed by atoms with van der Waals surface area (Å²) < 4.78 is 16.8. The zero-order valence-corrected chi connectivity index (χ0v) is 21.7. The molecule has 0 spiro atoms. The van der Waals surface area contributed by atoms with Crippen LogP contribution in [0.4, 0.5) is 10.1 Å². The van der Waals surface area contributed by atoms with Gasteiger partial charge < -0.3 is 10.2 Å². The van der Waals surface area contributed by atoms with Gasteiger partial charge in [0, 0.05) is 24.3 Å². The lowest BCUT2D eigenvalue weighted by molar-refractivity contribution is -0.120. The molecule has 3 heterocycles. The maximum Gasteiger partial charge on any atom is 0.272 e. The predicted octanol–water partition coefficient (Wildman–Crippen LogP) is 4.73. The summed E-state index contributed by atoms with van der Waals surface area (Å²) in [5, 5.41) is 12.7. The normalized spacial score (nSPS) is 19.1. The number of fused-ring (bicyclic) bond motifs is 1. The summed E-state index contributed by atoms with van der Waals surface area (Å²) in [5.41, 5.74) is 4.57. The molecular weight excluding hydrogens is 495 g/mol. The van der Waals surface area contributed by atoms with Gasteiger partial charge in [0.15, 0.2) is 0 Å². The minimum Gasteiger partial charge on any atom is -0.345 e. The fraction of sp³-hybridized carbons (Fsp3) is 0.200. The van der Waals surface area contributed by atoms with E-state index in [1.807, 2.05) is 56.3 Å². The Morgan fingerprint density at radius 1 is 1.00 bits per heavy atom. The number of aromatic nitrogens is 4. The summed E-state index contributed by atoms with van der Waals surface area (Å²) in [6.45, 7) is 3.85. The Morgan fingerprint density at radius 3 is 2.49 bits per heavy atom. The molecule has 1 aliphatic rings. The van der Waals surface area contributed by atoms with E-state index in [-0.39, 0.29) is 17.6 Å². The first-order valence-electron chi connectivity index (χ1n) is 12.7. The van der Waals surface area contributed by atoms with Crippen LogP contribution in [0.2, 0.25) is 0 Å². The first-order valence-corrected chi connectivity index (χ1v) is 12.7. The van der Waals surface area contributed by atoms with E-state index in [0.29, 0.717) is 11.4 Å². The molecule has 5 aromatic rings. The van der Waals surface area contributed by atoms with Crippen molar-refractivity contribution < 1.29 is 14.0 Å². The van der Waals surface area contributed by atoms with Crippen molar-refractivity contribution in [3.8, 4) is 5.69 Å². The zero-order chi connectivity index (χ0) is 27.3. The molecule has 1 N–H and O–H groups in total. The molecule has 196 valence electrons. The molecular formula is C30H27FN6O2. The molecule has 2 aromatic heterocycles. The Kier molecular flexibility index (Phi) is 5.98. The van der Waals surface area contributed by atoms with Gasteiger partial charge in [0.25, 0.3) is 5.91 Å². The molecule has 0 saturated carbocycles. The van der Waals surface area contributed by atoms with Gasteiger partial charge in [0.05, 0.1) is 35.4 Å². The van der Waals surface area contributed by atoms with Crippen LogP contribution in [-0.2, 0) is 11.8 Å². The number of anilines is 1. The van der Waals surface area contributed by atoms with Crippen LogP contribution in [0.3, 0.4) is 0 Å². The third-order valence-electron chi connectivity index (χ3n) is 7.31. The van der Waals surface area contributed by atoms with Crippen molar-refractivity contribution in [2.24, 2.45) is 13.0 Å². The van der Waals surface area contributed by atoms with Gasteiger partial charge in [0.1, 0.15) is 11.5 Å². The molecule has 8 nitrogen and oxygen atoms in total. The second-order valence-electron chi connectivity index (χ2n) is 10.0. The minimum atomic E-state index is -0.480. The van der Waals surface area contributed by atoms with Crippen molar-refractivity contribution in [3.05, 3.63) is 108 Å². The van der Waals surface area contributed by atoms with Crippen molar-refractivity contribution in [1.29, 1.82) is 0 Å².